The molecule has 1 amide bonds. The largest absolute Gasteiger partial charge is 0.339 e. The van der Waals surface area contributed by atoms with E-state index in [0.29, 0.717) is 24.0 Å². The zero-order chi connectivity index (χ0) is 17.3. The molecule has 0 aliphatic carbocycles. The molecule has 7 heteroatoms. The minimum absolute atomic E-state index is 0.00966. The van der Waals surface area contributed by atoms with Crippen molar-refractivity contribution in [3.05, 3.63) is 27.8 Å². The van der Waals surface area contributed by atoms with Gasteiger partial charge in [0.25, 0.3) is 5.91 Å². The van der Waals surface area contributed by atoms with Crippen LogP contribution in [0.5, 0.6) is 0 Å². The van der Waals surface area contributed by atoms with Gasteiger partial charge in [0.15, 0.2) is 5.82 Å². The second-order valence-corrected chi connectivity index (χ2v) is 7.85. The van der Waals surface area contributed by atoms with Crippen LogP contribution in [0.3, 0.4) is 0 Å². The molecule has 24 heavy (non-hydrogen) atoms. The molecule has 0 aromatic carbocycles. The van der Waals surface area contributed by atoms with Gasteiger partial charge in [-0.05, 0) is 12.8 Å². The third-order valence-corrected chi connectivity index (χ3v) is 5.41. The number of nitrogens with zero attached hydrogens (tertiary/aromatic N) is 4. The van der Waals surface area contributed by atoms with E-state index in [1.165, 1.54) is 0 Å². The van der Waals surface area contributed by atoms with Crippen LogP contribution in [0.25, 0.3) is 0 Å². The Morgan fingerprint density at radius 2 is 2.08 bits per heavy atom. The molecular weight excluding hydrogens is 324 g/mol. The van der Waals surface area contributed by atoms with Gasteiger partial charge in [0, 0.05) is 36.2 Å². The molecule has 0 bridgehead atoms. The molecule has 6 nitrogen and oxygen atoms in total. The first kappa shape index (κ1) is 17.1. The number of amides is 1. The standard InChI is InChI=1S/C17H24N4O2S/c1-10(2)15-19-14(20-23-15)12-6-5-7-21(8-12)17(22)13-9-24-16(18-13)11(3)4/h9-12H,5-8H2,1-4H3/t12-/m1/s1. The summed E-state index contributed by atoms with van der Waals surface area (Å²) in [4.78, 5) is 23.6. The number of carbonyl (C=O) groups excluding carboxylic acids is 1. The molecule has 3 rings (SSSR count). The van der Waals surface area contributed by atoms with Crippen LogP contribution in [-0.4, -0.2) is 39.0 Å². The second-order valence-electron chi connectivity index (χ2n) is 6.96. The summed E-state index contributed by atoms with van der Waals surface area (Å²) in [6, 6.07) is 0. The molecule has 0 unspecified atom stereocenters. The number of hydrogen-bond donors (Lipinski definition) is 0. The number of hydrogen-bond acceptors (Lipinski definition) is 6. The van der Waals surface area contributed by atoms with Crippen molar-refractivity contribution in [3.63, 3.8) is 0 Å². The number of piperidine rings is 1. The maximum absolute atomic E-state index is 12.7. The van der Waals surface area contributed by atoms with Crippen molar-refractivity contribution in [2.45, 2.75) is 58.3 Å². The van der Waals surface area contributed by atoms with Crippen LogP contribution in [0.1, 0.15) is 85.5 Å². The van der Waals surface area contributed by atoms with E-state index in [1.54, 1.807) is 11.3 Å². The van der Waals surface area contributed by atoms with Crippen molar-refractivity contribution in [2.75, 3.05) is 13.1 Å². The molecule has 3 heterocycles. The van der Waals surface area contributed by atoms with Gasteiger partial charge in [-0.3, -0.25) is 4.79 Å². The van der Waals surface area contributed by atoms with Gasteiger partial charge in [0.05, 0.1) is 5.01 Å². The monoisotopic (exact) mass is 348 g/mol. The minimum atomic E-state index is 0.00966. The smallest absolute Gasteiger partial charge is 0.273 e. The molecular formula is C17H24N4O2S. The maximum Gasteiger partial charge on any atom is 0.273 e. The van der Waals surface area contributed by atoms with Gasteiger partial charge in [-0.1, -0.05) is 32.9 Å². The fraction of sp³-hybridized carbons (Fsp3) is 0.647. The Bertz CT molecular complexity index is 707. The summed E-state index contributed by atoms with van der Waals surface area (Å²) in [5.41, 5.74) is 0.556. The van der Waals surface area contributed by atoms with Gasteiger partial charge in [0.1, 0.15) is 5.69 Å². The van der Waals surface area contributed by atoms with Gasteiger partial charge < -0.3 is 9.42 Å². The first-order valence-electron chi connectivity index (χ1n) is 8.54. The maximum atomic E-state index is 12.7. The minimum Gasteiger partial charge on any atom is -0.339 e. The molecule has 0 saturated carbocycles. The molecule has 1 fully saturated rings. The summed E-state index contributed by atoms with van der Waals surface area (Å²) in [5.74, 6) is 2.10. The normalized spacial score (nSPS) is 18.6. The predicted octanol–water partition coefficient (Wildman–Crippen LogP) is 3.79. The molecule has 1 saturated heterocycles. The summed E-state index contributed by atoms with van der Waals surface area (Å²) in [5, 5.41) is 6.99. The van der Waals surface area contributed by atoms with Gasteiger partial charge >= 0.3 is 0 Å². The van der Waals surface area contributed by atoms with Gasteiger partial charge in [-0.2, -0.15) is 4.98 Å². The zero-order valence-corrected chi connectivity index (χ0v) is 15.5. The van der Waals surface area contributed by atoms with Gasteiger partial charge in [-0.15, -0.1) is 11.3 Å². The van der Waals surface area contributed by atoms with Crippen molar-refractivity contribution in [1.29, 1.82) is 0 Å². The second kappa shape index (κ2) is 7.01. The Kier molecular flexibility index (Phi) is 4.99. The quantitative estimate of drug-likeness (QED) is 0.840. The lowest BCUT2D eigenvalue weighted by Crippen LogP contribution is -2.39. The highest BCUT2D eigenvalue weighted by atomic mass is 32.1. The Morgan fingerprint density at radius 1 is 1.29 bits per heavy atom. The lowest BCUT2D eigenvalue weighted by Gasteiger charge is -2.30. The fourth-order valence-corrected chi connectivity index (χ4v) is 3.64. The van der Waals surface area contributed by atoms with Crippen LogP contribution in [0, 0.1) is 0 Å². The highest BCUT2D eigenvalue weighted by molar-refractivity contribution is 7.09. The molecule has 1 atom stereocenters. The summed E-state index contributed by atoms with van der Waals surface area (Å²) in [6.07, 6.45) is 1.93. The third kappa shape index (κ3) is 3.50. The Balaban J connectivity index is 1.71. The average molecular weight is 348 g/mol. The lowest BCUT2D eigenvalue weighted by atomic mass is 9.97. The number of rotatable bonds is 4. The summed E-state index contributed by atoms with van der Waals surface area (Å²) < 4.78 is 5.31. The molecule has 2 aromatic heterocycles. The highest BCUT2D eigenvalue weighted by Gasteiger charge is 2.29. The van der Waals surface area contributed by atoms with E-state index < -0.39 is 0 Å². The van der Waals surface area contributed by atoms with Crippen LogP contribution in [-0.2, 0) is 0 Å². The van der Waals surface area contributed by atoms with Crippen LogP contribution in [0.2, 0.25) is 0 Å². The van der Waals surface area contributed by atoms with E-state index in [2.05, 4.69) is 29.0 Å². The summed E-state index contributed by atoms with van der Waals surface area (Å²) in [6.45, 7) is 9.63. The van der Waals surface area contributed by atoms with E-state index >= 15 is 0 Å². The van der Waals surface area contributed by atoms with Crippen LogP contribution in [0.4, 0.5) is 0 Å². The SMILES string of the molecule is CC(C)c1nc([C@@H]2CCCN(C(=O)c3csc(C(C)C)n3)C2)no1. The zero-order valence-electron chi connectivity index (χ0n) is 14.7. The number of likely N-dealkylation sites (tertiary alicyclic amines) is 1. The number of aromatic nitrogens is 3. The first-order valence-corrected chi connectivity index (χ1v) is 9.41. The average Bonchev–Trinajstić information content (AvgIpc) is 3.24. The lowest BCUT2D eigenvalue weighted by molar-refractivity contribution is 0.0698. The predicted molar refractivity (Wildman–Crippen MR) is 92.5 cm³/mol. The summed E-state index contributed by atoms with van der Waals surface area (Å²) in [7, 11) is 0. The van der Waals surface area contributed by atoms with Crippen molar-refractivity contribution >= 4 is 17.2 Å². The molecule has 2 aromatic rings. The van der Waals surface area contributed by atoms with E-state index in [9.17, 15) is 4.79 Å². The number of thiazole rings is 1. The van der Waals surface area contributed by atoms with Crippen LogP contribution >= 0.6 is 11.3 Å². The fourth-order valence-electron chi connectivity index (χ4n) is 2.83. The molecule has 130 valence electrons. The van der Waals surface area contributed by atoms with Crippen LogP contribution < -0.4 is 0 Å². The van der Waals surface area contributed by atoms with Crippen molar-refractivity contribution in [2.24, 2.45) is 0 Å². The molecule has 1 aliphatic rings. The van der Waals surface area contributed by atoms with E-state index in [4.69, 9.17) is 4.52 Å². The topological polar surface area (TPSA) is 72.1 Å². The third-order valence-electron chi connectivity index (χ3n) is 4.26. The van der Waals surface area contributed by atoms with E-state index in [0.717, 1.165) is 30.2 Å². The van der Waals surface area contributed by atoms with Crippen LogP contribution in [0.15, 0.2) is 9.90 Å². The van der Waals surface area contributed by atoms with Crippen molar-refractivity contribution in [3.8, 4) is 0 Å². The molecule has 1 aliphatic heterocycles. The molecule has 0 spiro atoms. The Morgan fingerprint density at radius 3 is 2.71 bits per heavy atom. The highest BCUT2D eigenvalue weighted by Crippen LogP contribution is 2.28. The van der Waals surface area contributed by atoms with Crippen molar-refractivity contribution < 1.29 is 9.32 Å². The van der Waals surface area contributed by atoms with Crippen molar-refractivity contribution in [1.82, 2.24) is 20.0 Å². The number of carbonyl (C=O) groups is 1. The van der Waals surface area contributed by atoms with Gasteiger partial charge in [-0.25, -0.2) is 4.98 Å². The molecule has 0 N–H and O–H groups in total. The first-order chi connectivity index (χ1) is 11.5. The summed E-state index contributed by atoms with van der Waals surface area (Å²) >= 11 is 1.56. The Labute approximate surface area is 146 Å². The molecule has 0 radical (unpaired) electrons. The van der Waals surface area contributed by atoms with Gasteiger partial charge in [0.2, 0.25) is 5.89 Å². The van der Waals surface area contributed by atoms with E-state index in [-0.39, 0.29) is 17.7 Å². The van der Waals surface area contributed by atoms with E-state index in [1.807, 2.05) is 24.1 Å². The Hall–Kier alpha value is -1.76.